The molecular formula is C31H35N7O7. The molecular weight excluding hydrogens is 582 g/mol. The van der Waals surface area contributed by atoms with Crippen molar-refractivity contribution in [1.82, 2.24) is 10.2 Å². The first-order valence-electron chi connectivity index (χ1n) is 14.1. The van der Waals surface area contributed by atoms with Crippen molar-refractivity contribution >= 4 is 23.2 Å². The van der Waals surface area contributed by atoms with Gasteiger partial charge in [-0.05, 0) is 38.2 Å². The maximum Gasteiger partial charge on any atom is 0.255 e. The molecule has 3 aliphatic rings. The summed E-state index contributed by atoms with van der Waals surface area (Å²) in [6, 6.07) is 11.0. The quantitative estimate of drug-likeness (QED) is 0.129. The van der Waals surface area contributed by atoms with Crippen LogP contribution in [-0.2, 0) is 27.3 Å². The molecule has 2 aromatic rings. The third-order valence-electron chi connectivity index (χ3n) is 9.39. The molecule has 0 aromatic heterocycles. The van der Waals surface area contributed by atoms with Crippen LogP contribution in [0.15, 0.2) is 59.4 Å². The molecule has 13 N–H and O–H groups in total. The second-order valence-electron chi connectivity index (χ2n) is 11.9. The molecule has 236 valence electrons. The van der Waals surface area contributed by atoms with Crippen LogP contribution in [0.1, 0.15) is 28.3 Å². The van der Waals surface area contributed by atoms with Gasteiger partial charge in [-0.15, -0.1) is 0 Å². The highest BCUT2D eigenvalue weighted by molar-refractivity contribution is 6.26. The van der Waals surface area contributed by atoms with Crippen LogP contribution in [0.5, 0.6) is 5.75 Å². The number of carbonyl (C=O) groups excluding carboxylic acids is 3. The molecule has 0 aliphatic heterocycles. The molecule has 1 fully saturated rings. The van der Waals surface area contributed by atoms with Gasteiger partial charge in [0.2, 0.25) is 0 Å². The normalized spacial score (nSPS) is 30.9. The number of aromatic hydroxyl groups is 1. The molecule has 5 rings (SSSR count). The third-order valence-corrected chi connectivity index (χ3v) is 9.39. The van der Waals surface area contributed by atoms with Crippen LogP contribution in [-0.4, -0.2) is 86.7 Å². The van der Waals surface area contributed by atoms with Gasteiger partial charge in [-0.3, -0.25) is 19.3 Å². The average molecular weight is 618 g/mol. The largest absolute Gasteiger partial charge is 0.509 e. The zero-order valence-electron chi connectivity index (χ0n) is 24.6. The number of benzene rings is 2. The number of fused-ring (bicyclic) bond motifs is 3. The molecule has 0 bridgehead atoms. The number of nitrogens with one attached hydrogen (secondary N) is 1. The Hall–Kier alpha value is -4.62. The maximum atomic E-state index is 14.5. The van der Waals surface area contributed by atoms with Gasteiger partial charge in [0, 0.05) is 12.1 Å². The second kappa shape index (κ2) is 10.8. The Bertz CT molecular complexity index is 1730. The third kappa shape index (κ3) is 3.99. The molecule has 1 amide bonds. The summed E-state index contributed by atoms with van der Waals surface area (Å²) < 4.78 is 0. The van der Waals surface area contributed by atoms with Crippen LogP contribution < -0.4 is 28.3 Å². The lowest BCUT2D eigenvalue weighted by atomic mass is 9.45. The van der Waals surface area contributed by atoms with E-state index in [1.54, 1.807) is 12.1 Å². The molecule has 6 atom stereocenters. The van der Waals surface area contributed by atoms with Gasteiger partial charge in [0.15, 0.2) is 17.0 Å². The minimum Gasteiger partial charge on any atom is -0.509 e. The Morgan fingerprint density at radius 3 is 2.31 bits per heavy atom. The highest BCUT2D eigenvalue weighted by Crippen LogP contribution is 2.60. The standard InChI is InChI=1S/C31H35N7O7/c1-38(2)24-22(41)18(27(34)44)25(42)29(13-32)26(43)19-21(40)17-16(23(33)30(19,35)28(45)31(24,29)36)9-8-15(20(17)39)12-37-11-10-14-6-4-3-5-7-14/h3-9,23-24,28,37,39-40,42,45H,10-12,33,35-36H2,1-2H3,(H2,34,44)/t23-,24+,28-,29-,30+,31-/m0/s1. The lowest BCUT2D eigenvalue weighted by molar-refractivity contribution is -0.153. The second-order valence-corrected chi connectivity index (χ2v) is 11.9. The van der Waals surface area contributed by atoms with Crippen molar-refractivity contribution in [2.24, 2.45) is 28.3 Å². The number of rotatable bonds is 7. The minimum atomic E-state index is -3.03. The van der Waals surface area contributed by atoms with E-state index in [9.17, 15) is 40.1 Å². The van der Waals surface area contributed by atoms with E-state index in [0.717, 1.165) is 10.5 Å². The van der Waals surface area contributed by atoms with E-state index in [0.29, 0.717) is 18.5 Å². The van der Waals surface area contributed by atoms with Gasteiger partial charge in [0.1, 0.15) is 34.5 Å². The molecule has 2 aromatic carbocycles. The Morgan fingerprint density at radius 2 is 1.73 bits per heavy atom. The van der Waals surface area contributed by atoms with Gasteiger partial charge < -0.3 is 48.7 Å². The number of likely N-dealkylation sites (N-methyl/N-ethyl adjacent to an activating group) is 1. The van der Waals surface area contributed by atoms with Gasteiger partial charge in [-0.25, -0.2) is 0 Å². The fourth-order valence-electron chi connectivity index (χ4n) is 7.16. The fourth-order valence-corrected chi connectivity index (χ4v) is 7.16. The summed E-state index contributed by atoms with van der Waals surface area (Å²) in [5.41, 5.74) is 16.6. The molecule has 14 nitrogen and oxygen atoms in total. The molecule has 14 heteroatoms. The van der Waals surface area contributed by atoms with Gasteiger partial charge in [0.25, 0.3) is 5.91 Å². The molecule has 1 saturated carbocycles. The number of nitriles is 1. The van der Waals surface area contributed by atoms with Crippen molar-refractivity contribution in [3.8, 4) is 11.8 Å². The molecule has 0 spiro atoms. The number of Topliss-reactive ketones (excluding diaryl/α,β-unsaturated/α-hetero) is 2. The van der Waals surface area contributed by atoms with Crippen LogP contribution in [0.25, 0.3) is 5.76 Å². The maximum absolute atomic E-state index is 14.5. The summed E-state index contributed by atoms with van der Waals surface area (Å²) in [6.07, 6.45) is -1.57. The number of phenolic OH excluding ortho intramolecular Hbond substituents is 1. The van der Waals surface area contributed by atoms with Crippen molar-refractivity contribution in [2.45, 2.75) is 42.2 Å². The first kappa shape index (κ1) is 31.8. The summed E-state index contributed by atoms with van der Waals surface area (Å²) in [5.74, 6) is -6.75. The van der Waals surface area contributed by atoms with Gasteiger partial charge in [0.05, 0.1) is 34.8 Å². The van der Waals surface area contributed by atoms with E-state index in [1.165, 1.54) is 20.2 Å². The van der Waals surface area contributed by atoms with Crippen molar-refractivity contribution in [3.05, 3.63) is 81.6 Å². The first-order valence-corrected chi connectivity index (χ1v) is 14.1. The Labute approximate surface area is 258 Å². The number of hydrogen-bond donors (Lipinski definition) is 9. The lowest BCUT2D eigenvalue weighted by Gasteiger charge is -2.62. The van der Waals surface area contributed by atoms with Crippen molar-refractivity contribution in [1.29, 1.82) is 5.26 Å². The zero-order chi connectivity index (χ0) is 33.2. The number of ketones is 2. The van der Waals surface area contributed by atoms with E-state index in [-0.39, 0.29) is 17.7 Å². The van der Waals surface area contributed by atoms with Crippen molar-refractivity contribution < 1.29 is 34.8 Å². The number of nitrogens with two attached hydrogens (primary N) is 4. The zero-order valence-corrected chi connectivity index (χ0v) is 24.6. The van der Waals surface area contributed by atoms with Gasteiger partial charge >= 0.3 is 0 Å². The van der Waals surface area contributed by atoms with Crippen LogP contribution in [0, 0.1) is 16.7 Å². The van der Waals surface area contributed by atoms with Crippen LogP contribution in [0.3, 0.4) is 0 Å². The Morgan fingerprint density at radius 1 is 1.09 bits per heavy atom. The number of carbonyl (C=O) groups is 3. The number of aliphatic hydroxyl groups excluding tert-OH is 3. The summed E-state index contributed by atoms with van der Waals surface area (Å²) >= 11 is 0. The smallest absolute Gasteiger partial charge is 0.255 e. The number of nitrogens with zero attached hydrogens (tertiary/aromatic N) is 2. The molecule has 0 saturated heterocycles. The highest BCUT2D eigenvalue weighted by atomic mass is 16.3. The lowest BCUT2D eigenvalue weighted by Crippen LogP contribution is -2.87. The van der Waals surface area contributed by atoms with E-state index < -0.39 is 80.6 Å². The van der Waals surface area contributed by atoms with Crippen molar-refractivity contribution in [3.63, 3.8) is 0 Å². The average Bonchev–Trinajstić information content (AvgIpc) is 2.98. The predicted molar refractivity (Wildman–Crippen MR) is 161 cm³/mol. The van der Waals surface area contributed by atoms with Gasteiger partial charge in [-0.1, -0.05) is 42.5 Å². The van der Waals surface area contributed by atoms with E-state index in [2.05, 4.69) is 5.32 Å². The summed E-state index contributed by atoms with van der Waals surface area (Å²) in [7, 11) is 2.68. The van der Waals surface area contributed by atoms with E-state index in [1.807, 2.05) is 30.3 Å². The molecule has 3 aliphatic carbocycles. The summed E-state index contributed by atoms with van der Waals surface area (Å²) in [6.45, 7) is 0.701. The Balaban J connectivity index is 1.68. The fraction of sp³-hybridized carbons (Fsp3) is 0.355. The van der Waals surface area contributed by atoms with Crippen LogP contribution >= 0.6 is 0 Å². The van der Waals surface area contributed by atoms with E-state index in [4.69, 9.17) is 22.9 Å². The number of aliphatic hydroxyl groups is 3. The predicted octanol–water partition coefficient (Wildman–Crippen LogP) is -1.33. The van der Waals surface area contributed by atoms with Crippen LogP contribution in [0.4, 0.5) is 0 Å². The van der Waals surface area contributed by atoms with Crippen LogP contribution in [0.2, 0.25) is 0 Å². The number of phenols is 1. The number of amides is 1. The summed E-state index contributed by atoms with van der Waals surface area (Å²) in [4.78, 5) is 41.6. The topological polar surface area (TPSA) is 275 Å². The van der Waals surface area contributed by atoms with E-state index >= 15 is 0 Å². The monoisotopic (exact) mass is 617 g/mol. The SMILES string of the molecule is CN(C)[C@@H]1C(=O)C(C(N)=O)=C(O)[C@@]2(C#N)C(=O)C3=C(O)c4c(ccc(CNCCc5ccccc5)c4O)[C@H](N)[C@@]3(N)[C@H](O)[C@@]12N. The Kier molecular flexibility index (Phi) is 7.61. The summed E-state index contributed by atoms with van der Waals surface area (Å²) in [5, 5.41) is 60.0. The minimum absolute atomic E-state index is 0.0466. The molecule has 0 unspecified atom stereocenters. The first-order chi connectivity index (χ1) is 21.1. The molecule has 0 heterocycles. The number of primary amides is 1. The van der Waals surface area contributed by atoms with Crippen molar-refractivity contribution in [2.75, 3.05) is 20.6 Å². The van der Waals surface area contributed by atoms with Gasteiger partial charge in [-0.2, -0.15) is 5.26 Å². The molecule has 45 heavy (non-hydrogen) atoms. The number of hydrogen-bond acceptors (Lipinski definition) is 13. The highest BCUT2D eigenvalue weighted by Gasteiger charge is 2.79. The molecule has 0 radical (unpaired) electrons.